The van der Waals surface area contributed by atoms with Crippen molar-refractivity contribution in [3.8, 4) is 5.75 Å². The molecule has 2 rings (SSSR count). The minimum atomic E-state index is 0.182. The molecule has 7 heteroatoms. The number of hydrogen-bond donors (Lipinski definition) is 0. The first-order valence-corrected chi connectivity index (χ1v) is 6.74. The summed E-state index contributed by atoms with van der Waals surface area (Å²) in [5, 5.41) is 4.34. The van der Waals surface area contributed by atoms with Crippen molar-refractivity contribution >= 4 is 27.5 Å². The van der Waals surface area contributed by atoms with Gasteiger partial charge in [-0.05, 0) is 18.2 Å². The molecule has 0 aliphatic rings. The Morgan fingerprint density at radius 2 is 2.26 bits per heavy atom. The van der Waals surface area contributed by atoms with Gasteiger partial charge in [-0.3, -0.25) is 0 Å². The van der Waals surface area contributed by atoms with Crippen LogP contribution in [0.1, 0.15) is 11.7 Å². The topological polar surface area (TPSA) is 57.4 Å². The summed E-state index contributed by atoms with van der Waals surface area (Å²) in [7, 11) is 1.62. The Balaban J connectivity index is 1.92. The van der Waals surface area contributed by atoms with Gasteiger partial charge in [0.25, 0.3) is 5.89 Å². The molecule has 0 radical (unpaired) electrons. The standard InChI is InChI=1S/C12H12BrClN2O3/c1-17-5-4-11-15-12(19-16-11)7-18-10-3-2-8(13)6-9(10)14/h2-3,6H,4-5,7H2,1H3. The normalized spacial score (nSPS) is 10.7. The van der Waals surface area contributed by atoms with Crippen molar-refractivity contribution in [2.45, 2.75) is 13.0 Å². The van der Waals surface area contributed by atoms with Crippen LogP contribution in [0.2, 0.25) is 5.02 Å². The number of nitrogens with zero attached hydrogens (tertiary/aromatic N) is 2. The number of aromatic nitrogens is 2. The van der Waals surface area contributed by atoms with E-state index < -0.39 is 0 Å². The minimum Gasteiger partial charge on any atom is -0.482 e. The predicted octanol–water partition coefficient (Wildman–Crippen LogP) is 3.25. The van der Waals surface area contributed by atoms with Crippen molar-refractivity contribution in [3.63, 3.8) is 0 Å². The molecule has 0 saturated carbocycles. The number of methoxy groups -OCH3 is 1. The summed E-state index contributed by atoms with van der Waals surface area (Å²) < 4.78 is 16.4. The van der Waals surface area contributed by atoms with Crippen molar-refractivity contribution in [2.75, 3.05) is 13.7 Å². The molecule has 0 unspecified atom stereocenters. The molecule has 5 nitrogen and oxygen atoms in total. The molecule has 1 heterocycles. The van der Waals surface area contributed by atoms with Crippen LogP contribution >= 0.6 is 27.5 Å². The van der Waals surface area contributed by atoms with E-state index in [4.69, 9.17) is 25.6 Å². The largest absolute Gasteiger partial charge is 0.482 e. The summed E-state index contributed by atoms with van der Waals surface area (Å²) in [5.74, 6) is 1.58. The fourth-order valence-corrected chi connectivity index (χ4v) is 2.10. The maximum atomic E-state index is 6.03. The lowest BCUT2D eigenvalue weighted by Gasteiger charge is -2.05. The molecule has 0 aliphatic carbocycles. The Labute approximate surface area is 124 Å². The SMILES string of the molecule is COCCc1noc(COc2ccc(Br)cc2Cl)n1. The zero-order valence-electron chi connectivity index (χ0n) is 10.2. The maximum Gasteiger partial charge on any atom is 0.264 e. The van der Waals surface area contributed by atoms with Gasteiger partial charge in [0.1, 0.15) is 5.75 Å². The number of rotatable bonds is 6. The Morgan fingerprint density at radius 1 is 1.42 bits per heavy atom. The molecule has 102 valence electrons. The van der Waals surface area contributed by atoms with E-state index in [1.165, 1.54) is 0 Å². The van der Waals surface area contributed by atoms with Gasteiger partial charge in [0.05, 0.1) is 11.6 Å². The van der Waals surface area contributed by atoms with Gasteiger partial charge < -0.3 is 14.0 Å². The molecular weight excluding hydrogens is 336 g/mol. The van der Waals surface area contributed by atoms with Gasteiger partial charge >= 0.3 is 0 Å². The van der Waals surface area contributed by atoms with Crippen LogP contribution in [-0.4, -0.2) is 23.9 Å². The van der Waals surface area contributed by atoms with Crippen LogP contribution in [0.4, 0.5) is 0 Å². The maximum absolute atomic E-state index is 6.03. The van der Waals surface area contributed by atoms with E-state index in [1.54, 1.807) is 19.2 Å². The molecule has 0 spiro atoms. The van der Waals surface area contributed by atoms with Crippen LogP contribution in [0.15, 0.2) is 27.2 Å². The average Bonchev–Trinajstić information content (AvgIpc) is 2.83. The highest BCUT2D eigenvalue weighted by atomic mass is 79.9. The summed E-state index contributed by atoms with van der Waals surface area (Å²) in [6.45, 7) is 0.736. The van der Waals surface area contributed by atoms with Crippen LogP contribution in [0.5, 0.6) is 5.75 Å². The molecule has 0 bridgehead atoms. The van der Waals surface area contributed by atoms with E-state index in [0.29, 0.717) is 35.5 Å². The van der Waals surface area contributed by atoms with Crippen LogP contribution in [-0.2, 0) is 17.8 Å². The third-order valence-corrected chi connectivity index (χ3v) is 3.07. The van der Waals surface area contributed by atoms with Gasteiger partial charge in [0, 0.05) is 18.0 Å². The van der Waals surface area contributed by atoms with Gasteiger partial charge in [-0.15, -0.1) is 0 Å². The quantitative estimate of drug-likeness (QED) is 0.803. The van der Waals surface area contributed by atoms with E-state index in [-0.39, 0.29) is 6.61 Å². The van der Waals surface area contributed by atoms with E-state index in [9.17, 15) is 0 Å². The Kier molecular flexibility index (Phi) is 5.18. The molecule has 0 N–H and O–H groups in total. The van der Waals surface area contributed by atoms with E-state index in [2.05, 4.69) is 26.1 Å². The number of benzene rings is 1. The van der Waals surface area contributed by atoms with Crippen molar-refractivity contribution < 1.29 is 14.0 Å². The minimum absolute atomic E-state index is 0.182. The second-order valence-electron chi connectivity index (χ2n) is 3.71. The third kappa shape index (κ3) is 4.19. The Morgan fingerprint density at radius 3 is 3.00 bits per heavy atom. The van der Waals surface area contributed by atoms with E-state index in [1.807, 2.05) is 6.07 Å². The van der Waals surface area contributed by atoms with E-state index >= 15 is 0 Å². The monoisotopic (exact) mass is 346 g/mol. The lowest BCUT2D eigenvalue weighted by atomic mass is 10.3. The zero-order chi connectivity index (χ0) is 13.7. The summed E-state index contributed by atoms with van der Waals surface area (Å²) in [6.07, 6.45) is 0.610. The van der Waals surface area contributed by atoms with Crippen LogP contribution in [0, 0.1) is 0 Å². The molecule has 0 amide bonds. The van der Waals surface area contributed by atoms with Gasteiger partial charge in [-0.2, -0.15) is 4.98 Å². The Bertz CT molecular complexity index is 548. The first kappa shape index (κ1) is 14.3. The van der Waals surface area contributed by atoms with Crippen LogP contribution < -0.4 is 4.74 Å². The predicted molar refractivity (Wildman–Crippen MR) is 73.4 cm³/mol. The highest BCUT2D eigenvalue weighted by Gasteiger charge is 2.08. The van der Waals surface area contributed by atoms with Crippen LogP contribution in [0.3, 0.4) is 0 Å². The molecule has 0 saturated heterocycles. The fourth-order valence-electron chi connectivity index (χ4n) is 1.38. The lowest BCUT2D eigenvalue weighted by molar-refractivity contribution is 0.199. The summed E-state index contributed by atoms with van der Waals surface area (Å²) in [6, 6.07) is 5.38. The summed E-state index contributed by atoms with van der Waals surface area (Å²) in [5.41, 5.74) is 0. The van der Waals surface area contributed by atoms with Crippen molar-refractivity contribution in [1.82, 2.24) is 10.1 Å². The van der Waals surface area contributed by atoms with Gasteiger partial charge in [-0.25, -0.2) is 0 Å². The van der Waals surface area contributed by atoms with Crippen molar-refractivity contribution in [3.05, 3.63) is 39.4 Å². The second-order valence-corrected chi connectivity index (χ2v) is 5.03. The third-order valence-electron chi connectivity index (χ3n) is 2.29. The molecule has 19 heavy (non-hydrogen) atoms. The molecule has 2 aromatic rings. The molecule has 1 aromatic carbocycles. The first-order valence-electron chi connectivity index (χ1n) is 5.57. The second kappa shape index (κ2) is 6.88. The van der Waals surface area contributed by atoms with Gasteiger partial charge in [0.15, 0.2) is 12.4 Å². The smallest absolute Gasteiger partial charge is 0.264 e. The fraction of sp³-hybridized carbons (Fsp3) is 0.333. The summed E-state index contributed by atoms with van der Waals surface area (Å²) in [4.78, 5) is 4.17. The summed E-state index contributed by atoms with van der Waals surface area (Å²) >= 11 is 9.36. The Hall–Kier alpha value is -1.11. The van der Waals surface area contributed by atoms with Crippen molar-refractivity contribution in [1.29, 1.82) is 0 Å². The first-order chi connectivity index (χ1) is 9.19. The number of ether oxygens (including phenoxy) is 2. The number of hydrogen-bond acceptors (Lipinski definition) is 5. The molecule has 0 atom stereocenters. The molecular formula is C12H12BrClN2O3. The highest BCUT2D eigenvalue weighted by Crippen LogP contribution is 2.28. The molecule has 0 fully saturated rings. The van der Waals surface area contributed by atoms with Crippen LogP contribution in [0.25, 0.3) is 0 Å². The van der Waals surface area contributed by atoms with Gasteiger partial charge in [0.2, 0.25) is 0 Å². The molecule has 1 aromatic heterocycles. The highest BCUT2D eigenvalue weighted by molar-refractivity contribution is 9.10. The molecule has 0 aliphatic heterocycles. The lowest BCUT2D eigenvalue weighted by Crippen LogP contribution is -1.99. The van der Waals surface area contributed by atoms with Gasteiger partial charge in [-0.1, -0.05) is 32.7 Å². The van der Waals surface area contributed by atoms with Crippen molar-refractivity contribution in [2.24, 2.45) is 0 Å². The average molecular weight is 348 g/mol. The van der Waals surface area contributed by atoms with E-state index in [0.717, 1.165) is 4.47 Å². The number of halogens is 2. The zero-order valence-corrected chi connectivity index (χ0v) is 12.6.